The number of rotatable bonds is 2. The van der Waals surface area contributed by atoms with Crippen LogP contribution in [0.4, 0.5) is 5.13 Å². The normalized spacial score (nSPS) is 10.8. The van der Waals surface area contributed by atoms with Gasteiger partial charge in [-0.15, -0.1) is 11.3 Å². The molecule has 0 atom stereocenters. The first-order valence-electron chi connectivity index (χ1n) is 3.31. The molecule has 1 rings (SSSR count). The second kappa shape index (κ2) is 3.48. The van der Waals surface area contributed by atoms with Gasteiger partial charge in [0.1, 0.15) is 0 Å². The molecule has 0 bridgehead atoms. The van der Waals surface area contributed by atoms with Crippen LogP contribution in [0.3, 0.4) is 0 Å². The molecule has 11 heavy (non-hydrogen) atoms. The molecule has 1 aromatic heterocycles. The van der Waals surface area contributed by atoms with Crippen LogP contribution in [0.25, 0.3) is 0 Å². The first-order valence-corrected chi connectivity index (χ1v) is 4.13. The highest BCUT2D eigenvalue weighted by molar-refractivity contribution is 7.15. The van der Waals surface area contributed by atoms with Crippen LogP contribution in [0.1, 0.15) is 4.88 Å². The number of aromatic nitrogens is 1. The van der Waals surface area contributed by atoms with Crippen LogP contribution in [-0.2, 0) is 0 Å². The van der Waals surface area contributed by atoms with Crippen LogP contribution >= 0.6 is 11.3 Å². The molecule has 0 saturated heterocycles. The predicted octanol–water partition coefficient (Wildman–Crippen LogP) is 1.67. The van der Waals surface area contributed by atoms with Crippen LogP contribution in [0.2, 0.25) is 0 Å². The van der Waals surface area contributed by atoms with E-state index in [9.17, 15) is 0 Å². The summed E-state index contributed by atoms with van der Waals surface area (Å²) >= 11 is 1.59. The van der Waals surface area contributed by atoms with E-state index in [-0.39, 0.29) is 0 Å². The van der Waals surface area contributed by atoms with Crippen LogP contribution in [0.15, 0.2) is 11.2 Å². The third kappa shape index (κ3) is 2.67. The quantitative estimate of drug-likeness (QED) is 0.497. The van der Waals surface area contributed by atoms with E-state index in [0.29, 0.717) is 0 Å². The zero-order chi connectivity index (χ0) is 8.27. The highest BCUT2D eigenvalue weighted by atomic mass is 32.1. The van der Waals surface area contributed by atoms with Crippen molar-refractivity contribution in [2.24, 2.45) is 4.99 Å². The van der Waals surface area contributed by atoms with Gasteiger partial charge in [0.25, 0.3) is 0 Å². The second-order valence-corrected chi connectivity index (χ2v) is 3.67. The Kier molecular flexibility index (Phi) is 2.59. The second-order valence-electron chi connectivity index (χ2n) is 2.46. The van der Waals surface area contributed by atoms with Gasteiger partial charge in [0.2, 0.25) is 5.13 Å². The van der Waals surface area contributed by atoms with E-state index >= 15 is 0 Å². The Hall–Kier alpha value is -0.900. The van der Waals surface area contributed by atoms with Gasteiger partial charge in [0.15, 0.2) is 0 Å². The lowest BCUT2D eigenvalue weighted by molar-refractivity contribution is 0.643. The standard InChI is InChI=1S/C7H11N3S/c1-6-4-8-7(11-6)9-5-10(2)3/h4-5H,1-3H3/b9-5+. The summed E-state index contributed by atoms with van der Waals surface area (Å²) in [5.41, 5.74) is 0. The molecule has 0 radical (unpaired) electrons. The molecule has 0 N–H and O–H groups in total. The largest absolute Gasteiger partial charge is 0.369 e. The van der Waals surface area contributed by atoms with E-state index in [0.717, 1.165) is 5.13 Å². The fourth-order valence-electron chi connectivity index (χ4n) is 0.567. The molecule has 1 heterocycles. The van der Waals surface area contributed by atoms with Gasteiger partial charge in [-0.05, 0) is 6.92 Å². The summed E-state index contributed by atoms with van der Waals surface area (Å²) in [7, 11) is 3.87. The van der Waals surface area contributed by atoms with Crippen molar-refractivity contribution < 1.29 is 0 Å². The number of aliphatic imine (C=N–C) groups is 1. The van der Waals surface area contributed by atoms with Crippen LogP contribution in [0.5, 0.6) is 0 Å². The zero-order valence-corrected chi connectivity index (χ0v) is 7.72. The minimum absolute atomic E-state index is 0.816. The molecule has 0 aliphatic rings. The first kappa shape index (κ1) is 8.20. The highest BCUT2D eigenvalue weighted by Gasteiger charge is 1.92. The maximum atomic E-state index is 4.13. The van der Waals surface area contributed by atoms with E-state index in [2.05, 4.69) is 9.98 Å². The topological polar surface area (TPSA) is 28.5 Å². The summed E-state index contributed by atoms with van der Waals surface area (Å²) in [5, 5.41) is 0.816. The number of hydrogen-bond acceptors (Lipinski definition) is 3. The molecule has 0 unspecified atom stereocenters. The van der Waals surface area contributed by atoms with Gasteiger partial charge in [0, 0.05) is 25.2 Å². The minimum Gasteiger partial charge on any atom is -0.369 e. The van der Waals surface area contributed by atoms with Crippen molar-refractivity contribution in [2.75, 3.05) is 14.1 Å². The van der Waals surface area contributed by atoms with Crippen molar-refractivity contribution in [3.05, 3.63) is 11.1 Å². The zero-order valence-electron chi connectivity index (χ0n) is 6.90. The summed E-state index contributed by atoms with van der Waals surface area (Å²) in [4.78, 5) is 11.3. The Labute approximate surface area is 70.4 Å². The average Bonchev–Trinajstić information content (AvgIpc) is 2.31. The molecular weight excluding hydrogens is 158 g/mol. The average molecular weight is 169 g/mol. The summed E-state index contributed by atoms with van der Waals surface area (Å²) in [6.45, 7) is 2.02. The molecule has 0 aromatic carbocycles. The fraction of sp³-hybridized carbons (Fsp3) is 0.429. The van der Waals surface area contributed by atoms with E-state index in [4.69, 9.17) is 0 Å². The van der Waals surface area contributed by atoms with E-state index in [1.54, 1.807) is 17.7 Å². The van der Waals surface area contributed by atoms with Crippen molar-refractivity contribution in [1.82, 2.24) is 9.88 Å². The Morgan fingerprint density at radius 3 is 2.82 bits per heavy atom. The molecule has 0 spiro atoms. The van der Waals surface area contributed by atoms with E-state index in [1.165, 1.54) is 4.88 Å². The molecule has 4 heteroatoms. The molecule has 0 saturated carbocycles. The maximum Gasteiger partial charge on any atom is 0.210 e. The van der Waals surface area contributed by atoms with Crippen LogP contribution < -0.4 is 0 Å². The van der Waals surface area contributed by atoms with Gasteiger partial charge in [0.05, 0.1) is 6.34 Å². The van der Waals surface area contributed by atoms with Gasteiger partial charge in [-0.1, -0.05) is 0 Å². The van der Waals surface area contributed by atoms with Crippen molar-refractivity contribution in [2.45, 2.75) is 6.92 Å². The fourth-order valence-corrected chi connectivity index (χ4v) is 1.17. The Balaban J connectivity index is 2.64. The lowest BCUT2D eigenvalue weighted by atomic mass is 10.7. The molecular formula is C7H11N3S. The molecule has 1 aromatic rings. The van der Waals surface area contributed by atoms with Crippen LogP contribution in [0, 0.1) is 6.92 Å². The number of nitrogens with zero attached hydrogens (tertiary/aromatic N) is 3. The molecule has 0 amide bonds. The summed E-state index contributed by atoms with van der Waals surface area (Å²) in [5.74, 6) is 0. The number of hydrogen-bond donors (Lipinski definition) is 0. The molecule has 0 aliphatic carbocycles. The van der Waals surface area contributed by atoms with Gasteiger partial charge < -0.3 is 4.90 Å². The van der Waals surface area contributed by atoms with Crippen molar-refractivity contribution in [3.63, 3.8) is 0 Å². The molecule has 0 aliphatic heterocycles. The summed E-state index contributed by atoms with van der Waals surface area (Å²) in [6, 6.07) is 0. The molecule has 0 fully saturated rings. The lowest BCUT2D eigenvalue weighted by Crippen LogP contribution is -2.06. The monoisotopic (exact) mass is 169 g/mol. The third-order valence-corrected chi connectivity index (χ3v) is 1.83. The van der Waals surface area contributed by atoms with Crippen LogP contribution in [-0.4, -0.2) is 30.3 Å². The Morgan fingerprint density at radius 2 is 2.36 bits per heavy atom. The third-order valence-electron chi connectivity index (χ3n) is 1.01. The lowest BCUT2D eigenvalue weighted by Gasteiger charge is -1.99. The summed E-state index contributed by atoms with van der Waals surface area (Å²) < 4.78 is 0. The minimum atomic E-state index is 0.816. The van der Waals surface area contributed by atoms with Crippen molar-refractivity contribution >= 4 is 22.8 Å². The first-order chi connectivity index (χ1) is 5.18. The Bertz CT molecular complexity index is 252. The van der Waals surface area contributed by atoms with E-state index in [1.807, 2.05) is 32.1 Å². The number of thiazole rings is 1. The summed E-state index contributed by atoms with van der Waals surface area (Å²) in [6.07, 6.45) is 3.57. The van der Waals surface area contributed by atoms with Gasteiger partial charge in [-0.3, -0.25) is 0 Å². The maximum absolute atomic E-state index is 4.13. The van der Waals surface area contributed by atoms with Gasteiger partial charge in [-0.2, -0.15) is 0 Å². The Morgan fingerprint density at radius 1 is 1.64 bits per heavy atom. The van der Waals surface area contributed by atoms with Crippen molar-refractivity contribution in [3.8, 4) is 0 Å². The SMILES string of the molecule is Cc1cnc(/N=C/N(C)C)s1. The van der Waals surface area contributed by atoms with Gasteiger partial charge in [-0.25, -0.2) is 9.98 Å². The highest BCUT2D eigenvalue weighted by Crippen LogP contribution is 2.18. The van der Waals surface area contributed by atoms with Crippen molar-refractivity contribution in [1.29, 1.82) is 0 Å². The van der Waals surface area contributed by atoms with Gasteiger partial charge >= 0.3 is 0 Å². The van der Waals surface area contributed by atoms with E-state index < -0.39 is 0 Å². The predicted molar refractivity (Wildman–Crippen MR) is 48.7 cm³/mol. The smallest absolute Gasteiger partial charge is 0.210 e. The molecule has 60 valence electrons. The number of aryl methyl sites for hydroxylation is 1. The molecule has 3 nitrogen and oxygen atoms in total.